The smallest absolute Gasteiger partial charge is 0.357 e. The fraction of sp³-hybridized carbons (Fsp3) is 0.333. The molecule has 1 aromatic heterocycles. The van der Waals surface area contributed by atoms with Crippen molar-refractivity contribution >= 4 is 27.3 Å². The number of nitrogens with zero attached hydrogens (tertiary/aromatic N) is 2. The average Bonchev–Trinajstić information content (AvgIpc) is 3.29. The lowest BCUT2D eigenvalue weighted by atomic mass is 10.4. The van der Waals surface area contributed by atoms with Crippen LogP contribution in [-0.2, 0) is 21.3 Å². The molecule has 0 N–H and O–H groups in total. The number of sulfonamides is 1. The van der Waals surface area contributed by atoms with E-state index >= 15 is 0 Å². The highest BCUT2D eigenvalue weighted by molar-refractivity contribution is 7.89. The average molecular weight is 370 g/mol. The van der Waals surface area contributed by atoms with E-state index in [2.05, 4.69) is 9.72 Å². The Morgan fingerprint density at radius 3 is 2.62 bits per heavy atom. The van der Waals surface area contributed by atoms with Crippen LogP contribution in [0, 0.1) is 5.82 Å². The number of aromatic nitrogens is 1. The number of methoxy groups -OCH3 is 1. The number of halogens is 1. The number of benzene rings is 1. The van der Waals surface area contributed by atoms with Crippen molar-refractivity contribution in [3.05, 3.63) is 46.2 Å². The molecule has 0 atom stereocenters. The van der Waals surface area contributed by atoms with Gasteiger partial charge in [0.05, 0.1) is 18.6 Å². The molecular formula is C15H15FN2O4S2. The van der Waals surface area contributed by atoms with Crippen LogP contribution in [0.2, 0.25) is 0 Å². The first-order valence-corrected chi connectivity index (χ1v) is 9.54. The standard InChI is InChI=1S/C15H15FN2O4S2/c1-22-15(19)13-9-23-14(17-13)8-18(11-4-5-11)24(20,21)12-6-2-10(16)3-7-12/h2-3,6-7,9,11H,4-5,8H2,1H3. The first-order valence-electron chi connectivity index (χ1n) is 7.22. The number of carbonyl (C=O) groups excluding carboxylic acids is 1. The van der Waals surface area contributed by atoms with Gasteiger partial charge in [0.15, 0.2) is 5.69 Å². The summed E-state index contributed by atoms with van der Waals surface area (Å²) in [7, 11) is -2.49. The van der Waals surface area contributed by atoms with E-state index in [9.17, 15) is 17.6 Å². The molecule has 9 heteroatoms. The number of carbonyl (C=O) groups is 1. The number of rotatable bonds is 6. The highest BCUT2D eigenvalue weighted by Gasteiger charge is 2.38. The lowest BCUT2D eigenvalue weighted by molar-refractivity contribution is 0.0594. The van der Waals surface area contributed by atoms with Crippen molar-refractivity contribution in [1.29, 1.82) is 0 Å². The zero-order valence-corrected chi connectivity index (χ0v) is 14.4. The van der Waals surface area contributed by atoms with Gasteiger partial charge in [-0.3, -0.25) is 0 Å². The third-order valence-corrected chi connectivity index (χ3v) is 6.36. The second kappa shape index (κ2) is 6.58. The minimum Gasteiger partial charge on any atom is -0.464 e. The van der Waals surface area contributed by atoms with Crippen molar-refractivity contribution in [3.63, 3.8) is 0 Å². The molecule has 0 saturated heterocycles. The van der Waals surface area contributed by atoms with E-state index in [4.69, 9.17) is 0 Å². The Kier molecular flexibility index (Phi) is 4.66. The predicted molar refractivity (Wildman–Crippen MR) is 85.6 cm³/mol. The van der Waals surface area contributed by atoms with Crippen LogP contribution in [0.25, 0.3) is 0 Å². The topological polar surface area (TPSA) is 76.6 Å². The van der Waals surface area contributed by atoms with Gasteiger partial charge in [0.1, 0.15) is 10.8 Å². The molecule has 0 spiro atoms. The molecule has 1 aliphatic carbocycles. The molecule has 6 nitrogen and oxygen atoms in total. The van der Waals surface area contributed by atoms with Gasteiger partial charge in [0.25, 0.3) is 0 Å². The lowest BCUT2D eigenvalue weighted by Crippen LogP contribution is -2.32. The zero-order chi connectivity index (χ0) is 17.3. The second-order valence-electron chi connectivity index (χ2n) is 5.35. The van der Waals surface area contributed by atoms with E-state index in [0.717, 1.165) is 25.0 Å². The van der Waals surface area contributed by atoms with Crippen molar-refractivity contribution in [1.82, 2.24) is 9.29 Å². The third kappa shape index (κ3) is 3.47. The van der Waals surface area contributed by atoms with Crippen LogP contribution in [0.5, 0.6) is 0 Å². The first kappa shape index (κ1) is 17.0. The maximum absolute atomic E-state index is 13.0. The normalized spacial score (nSPS) is 14.8. The summed E-state index contributed by atoms with van der Waals surface area (Å²) < 4.78 is 44.6. The molecule has 2 aromatic rings. The van der Waals surface area contributed by atoms with Crippen LogP contribution in [0.1, 0.15) is 28.3 Å². The summed E-state index contributed by atoms with van der Waals surface area (Å²) in [5.41, 5.74) is 0.160. The van der Waals surface area contributed by atoms with Crippen LogP contribution in [0.3, 0.4) is 0 Å². The number of ether oxygens (including phenoxy) is 1. The molecule has 1 saturated carbocycles. The molecule has 0 aliphatic heterocycles. The van der Waals surface area contributed by atoms with E-state index in [-0.39, 0.29) is 23.2 Å². The minimum atomic E-state index is -3.75. The maximum Gasteiger partial charge on any atom is 0.357 e. The quantitative estimate of drug-likeness (QED) is 0.730. The van der Waals surface area contributed by atoms with Crippen LogP contribution < -0.4 is 0 Å². The molecule has 1 fully saturated rings. The van der Waals surface area contributed by atoms with Gasteiger partial charge in [-0.05, 0) is 37.1 Å². The summed E-state index contributed by atoms with van der Waals surface area (Å²) in [4.78, 5) is 15.6. The minimum absolute atomic E-state index is 0.0422. The molecule has 0 bridgehead atoms. The van der Waals surface area contributed by atoms with Crippen LogP contribution in [0.4, 0.5) is 4.39 Å². The van der Waals surface area contributed by atoms with Gasteiger partial charge < -0.3 is 4.74 Å². The Balaban J connectivity index is 1.86. The lowest BCUT2D eigenvalue weighted by Gasteiger charge is -2.20. The fourth-order valence-electron chi connectivity index (χ4n) is 2.23. The third-order valence-electron chi connectivity index (χ3n) is 3.61. The zero-order valence-electron chi connectivity index (χ0n) is 12.8. The van der Waals surface area contributed by atoms with E-state index in [1.807, 2.05) is 0 Å². The summed E-state index contributed by atoms with van der Waals surface area (Å²) in [5.74, 6) is -1.05. The number of thiazole rings is 1. The Bertz CT molecular complexity index is 845. The molecule has 3 rings (SSSR count). The molecule has 0 amide bonds. The van der Waals surface area contributed by atoms with Crippen molar-refractivity contribution in [3.8, 4) is 0 Å². The second-order valence-corrected chi connectivity index (χ2v) is 8.19. The van der Waals surface area contributed by atoms with Crippen molar-refractivity contribution < 1.29 is 22.3 Å². The molecule has 1 aliphatic rings. The highest BCUT2D eigenvalue weighted by Crippen LogP contribution is 2.34. The first-order chi connectivity index (χ1) is 11.4. The van der Waals surface area contributed by atoms with E-state index in [1.165, 1.54) is 40.3 Å². The largest absolute Gasteiger partial charge is 0.464 e. The van der Waals surface area contributed by atoms with Gasteiger partial charge in [-0.2, -0.15) is 4.31 Å². The van der Waals surface area contributed by atoms with Crippen molar-refractivity contribution in [2.45, 2.75) is 30.3 Å². The summed E-state index contributed by atoms with van der Waals surface area (Å²) in [6.45, 7) is 0.0754. The van der Waals surface area contributed by atoms with Gasteiger partial charge in [-0.1, -0.05) is 0 Å². The Morgan fingerprint density at radius 2 is 2.04 bits per heavy atom. The number of hydrogen-bond acceptors (Lipinski definition) is 6. The van der Waals surface area contributed by atoms with Gasteiger partial charge >= 0.3 is 5.97 Å². The Hall–Kier alpha value is -1.84. The van der Waals surface area contributed by atoms with Crippen LogP contribution in [0.15, 0.2) is 34.5 Å². The summed E-state index contributed by atoms with van der Waals surface area (Å²) >= 11 is 1.20. The monoisotopic (exact) mass is 370 g/mol. The van der Waals surface area contributed by atoms with Crippen LogP contribution >= 0.6 is 11.3 Å². The maximum atomic E-state index is 13.0. The van der Waals surface area contributed by atoms with E-state index in [1.54, 1.807) is 0 Å². The van der Waals surface area contributed by atoms with Gasteiger partial charge in [0.2, 0.25) is 10.0 Å². The Morgan fingerprint density at radius 1 is 1.38 bits per heavy atom. The van der Waals surface area contributed by atoms with Crippen LogP contribution in [-0.4, -0.2) is 36.8 Å². The molecule has 0 unspecified atom stereocenters. The predicted octanol–water partition coefficient (Wildman–Crippen LogP) is 2.42. The fourth-order valence-corrected chi connectivity index (χ4v) is 4.72. The summed E-state index contributed by atoms with van der Waals surface area (Å²) in [5, 5.41) is 2.05. The molecule has 1 heterocycles. The van der Waals surface area contributed by atoms with Crippen molar-refractivity contribution in [2.24, 2.45) is 0 Å². The molecule has 128 valence electrons. The van der Waals surface area contributed by atoms with Gasteiger partial charge in [0, 0.05) is 11.4 Å². The number of esters is 1. The Labute approximate surface area is 142 Å². The number of hydrogen-bond donors (Lipinski definition) is 0. The SMILES string of the molecule is COC(=O)c1csc(CN(C2CC2)S(=O)(=O)c2ccc(F)cc2)n1. The summed E-state index contributed by atoms with van der Waals surface area (Å²) in [6.07, 6.45) is 1.55. The molecule has 24 heavy (non-hydrogen) atoms. The molecule has 0 radical (unpaired) electrons. The van der Waals surface area contributed by atoms with Gasteiger partial charge in [-0.25, -0.2) is 22.6 Å². The molecular weight excluding hydrogens is 355 g/mol. The van der Waals surface area contributed by atoms with E-state index in [0.29, 0.717) is 5.01 Å². The van der Waals surface area contributed by atoms with E-state index < -0.39 is 21.8 Å². The highest BCUT2D eigenvalue weighted by atomic mass is 32.2. The summed E-state index contributed by atoms with van der Waals surface area (Å²) in [6, 6.07) is 4.65. The molecule has 1 aromatic carbocycles. The van der Waals surface area contributed by atoms with Crippen molar-refractivity contribution in [2.75, 3.05) is 7.11 Å². The van der Waals surface area contributed by atoms with Gasteiger partial charge in [-0.15, -0.1) is 11.3 Å².